The highest BCUT2D eigenvalue weighted by Crippen LogP contribution is 2.20. The van der Waals surface area contributed by atoms with E-state index >= 15 is 0 Å². The Hall–Kier alpha value is -0.390. The molecule has 0 fully saturated rings. The van der Waals surface area contributed by atoms with E-state index in [0.717, 1.165) is 0 Å². The first kappa shape index (κ1) is 7.61. The third-order valence-electron chi connectivity index (χ3n) is 0.383. The molecule has 1 nitrogen and oxygen atoms in total. The minimum Gasteiger partial charge on any atom is -0.218 e. The number of hydrogen-bond donors (Lipinski definition) is 1. The van der Waals surface area contributed by atoms with E-state index in [-0.39, 0.29) is 5.54 Å². The smallest absolute Gasteiger partial charge is 0.218 e. The Morgan fingerprint density at radius 3 is 1.62 bits per heavy atom. The van der Waals surface area contributed by atoms with Crippen LogP contribution in [0.2, 0.25) is 0 Å². The van der Waals surface area contributed by atoms with Crippen LogP contribution in [0.15, 0.2) is 0 Å². The minimum absolute atomic E-state index is 0.0868. The van der Waals surface area contributed by atoms with Crippen LogP contribution in [0.25, 0.3) is 0 Å². The van der Waals surface area contributed by atoms with Gasteiger partial charge in [0, 0.05) is 0 Å². The maximum absolute atomic E-state index is 11.0. The largest absolute Gasteiger partial charge is 0.435 e. The molecule has 0 radical (unpaired) electrons. The van der Waals surface area contributed by atoms with Gasteiger partial charge >= 0.3 is 6.18 Å². The van der Waals surface area contributed by atoms with Gasteiger partial charge in [-0.1, -0.05) is 0 Å². The van der Waals surface area contributed by atoms with Crippen LogP contribution in [0.3, 0.4) is 0 Å². The van der Waals surface area contributed by atoms with Gasteiger partial charge < -0.3 is 0 Å². The average Bonchev–Trinajstić information content (AvgIpc) is 1.62. The van der Waals surface area contributed by atoms with Gasteiger partial charge in [0.2, 0.25) is 0 Å². The van der Waals surface area contributed by atoms with Crippen LogP contribution in [-0.2, 0) is 0 Å². The first-order chi connectivity index (χ1) is 3.48. The second-order valence-corrected chi connectivity index (χ2v) is 1.01. The number of rotatable bonds is 1. The molecule has 8 heavy (non-hydrogen) atoms. The maximum Gasteiger partial charge on any atom is 0.435 e. The molecule has 0 spiro atoms. The van der Waals surface area contributed by atoms with Crippen LogP contribution in [-0.4, -0.2) is 12.5 Å². The number of alkyl halides is 4. The molecule has 0 aromatic carbocycles. The van der Waals surface area contributed by atoms with Crippen molar-refractivity contribution in [1.82, 2.24) is 5.54 Å². The zero-order valence-electron chi connectivity index (χ0n) is 3.47. The molecule has 0 aromatic heterocycles. The summed E-state index contributed by atoms with van der Waals surface area (Å²) in [6.45, 7) is 0. The van der Waals surface area contributed by atoms with Crippen molar-refractivity contribution in [1.29, 1.82) is 0 Å². The minimum atomic E-state index is -5.14. The van der Waals surface area contributed by atoms with Gasteiger partial charge in [-0.3, -0.25) is 0 Å². The monoisotopic (exact) mass is 135 g/mol. The number of hydrogen-bond acceptors (Lipinski definition) is 1. The summed E-state index contributed by atoms with van der Waals surface area (Å²) < 4.78 is 53.9. The second-order valence-electron chi connectivity index (χ2n) is 1.01. The van der Waals surface area contributed by atoms with Gasteiger partial charge in [-0.2, -0.15) is 13.2 Å². The topological polar surface area (TPSA) is 12.0 Å². The normalized spacial score (nSPS) is 16.1. The van der Waals surface area contributed by atoms with Gasteiger partial charge in [0.05, 0.1) is 0 Å². The standard InChI is InChI=1S/C2H2F5N/c3-1(8-7)2(4,5)6/h1,8H. The van der Waals surface area contributed by atoms with Crippen LogP contribution in [0.4, 0.5) is 22.0 Å². The van der Waals surface area contributed by atoms with Gasteiger partial charge in [-0.15, -0.1) is 10.0 Å². The fourth-order valence-corrected chi connectivity index (χ4v) is 0.0619. The quantitative estimate of drug-likeness (QED) is 0.324. The molecule has 0 aromatic rings. The Morgan fingerprint density at radius 2 is 1.62 bits per heavy atom. The lowest BCUT2D eigenvalue weighted by atomic mass is 10.6. The summed E-state index contributed by atoms with van der Waals surface area (Å²) in [5, 5.41) is 0. The first-order valence-electron chi connectivity index (χ1n) is 1.55. The lowest BCUT2D eigenvalue weighted by Gasteiger charge is -2.06. The van der Waals surface area contributed by atoms with Crippen molar-refractivity contribution in [2.45, 2.75) is 12.5 Å². The molecule has 1 unspecified atom stereocenters. The summed E-state index contributed by atoms with van der Waals surface area (Å²) in [5.74, 6) is 0. The molecule has 0 aliphatic carbocycles. The lowest BCUT2D eigenvalue weighted by molar-refractivity contribution is -0.201. The Morgan fingerprint density at radius 1 is 1.25 bits per heavy atom. The highest BCUT2D eigenvalue weighted by molar-refractivity contribution is 4.55. The highest BCUT2D eigenvalue weighted by atomic mass is 19.4. The number of halogens is 5. The lowest BCUT2D eigenvalue weighted by Crippen LogP contribution is -2.33. The molecule has 6 heteroatoms. The molecule has 0 aliphatic rings. The summed E-state index contributed by atoms with van der Waals surface area (Å²) in [6, 6.07) is 0. The first-order valence-corrected chi connectivity index (χ1v) is 1.55. The highest BCUT2D eigenvalue weighted by Gasteiger charge is 2.40. The van der Waals surface area contributed by atoms with Crippen molar-refractivity contribution >= 4 is 0 Å². The van der Waals surface area contributed by atoms with Crippen molar-refractivity contribution < 1.29 is 22.0 Å². The van der Waals surface area contributed by atoms with E-state index in [2.05, 4.69) is 0 Å². The molecule has 0 rings (SSSR count). The van der Waals surface area contributed by atoms with Crippen LogP contribution >= 0.6 is 0 Å². The fourth-order valence-electron chi connectivity index (χ4n) is 0.0619. The summed E-state index contributed by atoms with van der Waals surface area (Å²) in [4.78, 5) is 0. The van der Waals surface area contributed by atoms with E-state index in [9.17, 15) is 22.0 Å². The van der Waals surface area contributed by atoms with Gasteiger partial charge in [-0.25, -0.2) is 4.39 Å². The van der Waals surface area contributed by atoms with Crippen LogP contribution in [0, 0.1) is 0 Å². The Kier molecular flexibility index (Phi) is 2.14. The van der Waals surface area contributed by atoms with E-state index in [1.54, 1.807) is 0 Å². The van der Waals surface area contributed by atoms with Crippen molar-refractivity contribution in [2.75, 3.05) is 0 Å². The Bertz CT molecular complexity index is 67.3. The summed E-state index contributed by atoms with van der Waals surface area (Å²) in [5.41, 5.74) is -0.0868. The third-order valence-corrected chi connectivity index (χ3v) is 0.383. The predicted molar refractivity (Wildman–Crippen MR) is 15.2 cm³/mol. The Balaban J connectivity index is 3.62. The zero-order valence-corrected chi connectivity index (χ0v) is 3.47. The van der Waals surface area contributed by atoms with Crippen LogP contribution in [0.5, 0.6) is 0 Å². The maximum atomic E-state index is 11.0. The molecule has 1 N–H and O–H groups in total. The molecule has 1 atom stereocenters. The second kappa shape index (κ2) is 2.25. The van der Waals surface area contributed by atoms with E-state index < -0.39 is 12.5 Å². The molecule has 0 heterocycles. The SMILES string of the molecule is FNC(F)C(F)(F)F. The molecule has 0 saturated heterocycles. The Labute approximate surface area is 41.4 Å². The van der Waals surface area contributed by atoms with E-state index in [0.29, 0.717) is 0 Å². The average molecular weight is 135 g/mol. The van der Waals surface area contributed by atoms with E-state index in [1.165, 1.54) is 0 Å². The van der Waals surface area contributed by atoms with Gasteiger partial charge in [0.15, 0.2) is 0 Å². The van der Waals surface area contributed by atoms with Crippen molar-refractivity contribution in [3.63, 3.8) is 0 Å². The fraction of sp³-hybridized carbons (Fsp3) is 1.00. The summed E-state index contributed by atoms with van der Waals surface area (Å²) >= 11 is 0. The van der Waals surface area contributed by atoms with Crippen molar-refractivity contribution in [3.8, 4) is 0 Å². The van der Waals surface area contributed by atoms with Crippen LogP contribution < -0.4 is 5.54 Å². The molecular formula is C2H2F5N. The van der Waals surface area contributed by atoms with Gasteiger partial charge in [0.1, 0.15) is 0 Å². The summed E-state index contributed by atoms with van der Waals surface area (Å²) in [7, 11) is 0. The molecule has 0 bridgehead atoms. The third kappa shape index (κ3) is 2.06. The predicted octanol–water partition coefficient (Wildman–Crippen LogP) is 1.32. The molecule has 0 aliphatic heterocycles. The van der Waals surface area contributed by atoms with Crippen molar-refractivity contribution in [2.24, 2.45) is 0 Å². The molecular weight excluding hydrogens is 133 g/mol. The summed E-state index contributed by atoms with van der Waals surface area (Å²) in [6.07, 6.45) is -8.71. The van der Waals surface area contributed by atoms with Crippen molar-refractivity contribution in [3.05, 3.63) is 0 Å². The van der Waals surface area contributed by atoms with Gasteiger partial charge in [0.25, 0.3) is 6.30 Å². The number of nitrogens with one attached hydrogen (secondary N) is 1. The van der Waals surface area contributed by atoms with E-state index in [4.69, 9.17) is 0 Å². The van der Waals surface area contributed by atoms with Gasteiger partial charge in [-0.05, 0) is 0 Å². The van der Waals surface area contributed by atoms with Crippen LogP contribution in [0.1, 0.15) is 0 Å². The molecule has 50 valence electrons. The molecule has 0 saturated carbocycles. The van der Waals surface area contributed by atoms with E-state index in [1.807, 2.05) is 0 Å². The molecule has 0 amide bonds. The zero-order chi connectivity index (χ0) is 6.78.